The Balaban J connectivity index is 0.000000384. The van der Waals surface area contributed by atoms with E-state index in [1.54, 1.807) is 33.4 Å². The average molecular weight is 736 g/mol. The number of allylic oxidation sites excluding steroid dienone is 6. The maximum atomic E-state index is 12.5. The smallest absolute Gasteiger partial charge is 0.143 e. The molecule has 9 atom stereocenters. The Labute approximate surface area is 339 Å². The topological polar surface area (TPSA) is 51.2 Å². The van der Waals surface area contributed by atoms with Gasteiger partial charge in [-0.05, 0) is 146 Å². The van der Waals surface area contributed by atoms with Crippen LogP contribution in [0.5, 0.6) is 0 Å². The van der Waals surface area contributed by atoms with E-state index in [1.807, 2.05) is 0 Å². The average Bonchev–Trinajstić information content (AvgIpc) is 3.15. The summed E-state index contributed by atoms with van der Waals surface area (Å²) in [5.41, 5.74) is 10.3. The van der Waals surface area contributed by atoms with Crippen molar-refractivity contribution in [1.82, 2.24) is 0 Å². The van der Waals surface area contributed by atoms with Crippen molar-refractivity contribution < 1.29 is 14.4 Å². The van der Waals surface area contributed by atoms with Gasteiger partial charge < -0.3 is 0 Å². The molecule has 0 bridgehead atoms. The number of carbonyl (C=O) groups excluding carboxylic acids is 3. The Kier molecular flexibility index (Phi) is 20.9. The molecule has 0 amide bonds. The summed E-state index contributed by atoms with van der Waals surface area (Å²) in [6.07, 6.45) is 30.0. The summed E-state index contributed by atoms with van der Waals surface area (Å²) in [6.45, 7) is 7.20. The summed E-state index contributed by atoms with van der Waals surface area (Å²) >= 11 is 0. The first-order valence-electron chi connectivity index (χ1n) is 21.1. The summed E-state index contributed by atoms with van der Waals surface area (Å²) < 4.78 is 0. The van der Waals surface area contributed by atoms with E-state index in [0.29, 0.717) is 35.1 Å². The SMILES string of the molecule is C.C.C.CC1=C2CCCCC2=C(C)C2CCCCC12.CC1=C2CCCCC2C(=O)C2CCCCC12.O=C1C2CCCCC2C(=O)C2CCCCC12.[B].[B].[B]. The second-order valence-corrected chi connectivity index (χ2v) is 17.7. The molecule has 9 unspecified atom stereocenters. The molecule has 9 aliphatic carbocycles. The second-order valence-electron chi connectivity index (χ2n) is 17.7. The first-order valence-corrected chi connectivity index (χ1v) is 21.1. The highest BCUT2D eigenvalue weighted by Gasteiger charge is 2.50. The van der Waals surface area contributed by atoms with Crippen molar-refractivity contribution in [3.63, 3.8) is 0 Å². The molecule has 0 saturated heterocycles. The van der Waals surface area contributed by atoms with Crippen LogP contribution in [-0.4, -0.2) is 42.6 Å². The fourth-order valence-corrected chi connectivity index (χ4v) is 12.8. The molecule has 0 N–H and O–H groups in total. The van der Waals surface area contributed by atoms with E-state index in [2.05, 4.69) is 20.8 Å². The molecule has 54 heavy (non-hydrogen) atoms. The maximum Gasteiger partial charge on any atom is 0.143 e. The summed E-state index contributed by atoms with van der Waals surface area (Å²) in [7, 11) is 0. The van der Waals surface area contributed by atoms with E-state index in [1.165, 1.54) is 96.3 Å². The molecule has 0 aromatic heterocycles. The van der Waals surface area contributed by atoms with E-state index < -0.39 is 0 Å². The summed E-state index contributed by atoms with van der Waals surface area (Å²) in [5, 5.41) is 0. The van der Waals surface area contributed by atoms with Crippen LogP contribution in [-0.2, 0) is 14.4 Å². The predicted molar refractivity (Wildman–Crippen MR) is 233 cm³/mol. The number of Topliss-reactive ketones (excluding diaryl/α,β-unsaturated/α-hetero) is 3. The van der Waals surface area contributed by atoms with Crippen molar-refractivity contribution in [3.8, 4) is 0 Å². The molecular weight excluding hydrogens is 657 g/mol. The Bertz CT molecular complexity index is 1260. The third-order valence-corrected chi connectivity index (χ3v) is 15.4. The Morgan fingerprint density at radius 1 is 0.333 bits per heavy atom. The Morgan fingerprint density at radius 3 is 0.981 bits per heavy atom. The zero-order valence-electron chi connectivity index (χ0n) is 32.6. The highest BCUT2D eigenvalue weighted by molar-refractivity contribution is 5.99. The van der Waals surface area contributed by atoms with Crippen molar-refractivity contribution in [1.29, 1.82) is 0 Å². The van der Waals surface area contributed by atoms with Crippen LogP contribution in [0.4, 0.5) is 0 Å². The van der Waals surface area contributed by atoms with Crippen LogP contribution in [0.3, 0.4) is 0 Å². The molecule has 297 valence electrons. The van der Waals surface area contributed by atoms with Crippen molar-refractivity contribution in [2.24, 2.45) is 53.3 Å². The van der Waals surface area contributed by atoms with E-state index >= 15 is 0 Å². The van der Waals surface area contributed by atoms with Crippen LogP contribution in [0, 0.1) is 53.3 Å². The molecular formula is C48H78B3O3. The van der Waals surface area contributed by atoms with Crippen molar-refractivity contribution in [2.45, 2.75) is 197 Å². The molecule has 7 fully saturated rings. The van der Waals surface area contributed by atoms with Gasteiger partial charge in [0.1, 0.15) is 17.3 Å². The van der Waals surface area contributed by atoms with Crippen LogP contribution in [0.15, 0.2) is 33.4 Å². The third-order valence-electron chi connectivity index (χ3n) is 15.4. The molecule has 6 heteroatoms. The minimum absolute atomic E-state index is 0. The van der Waals surface area contributed by atoms with Crippen LogP contribution in [0.25, 0.3) is 0 Å². The van der Waals surface area contributed by atoms with Gasteiger partial charge in [-0.1, -0.05) is 102 Å². The fraction of sp³-hybridized carbons (Fsp3) is 0.812. The van der Waals surface area contributed by atoms with E-state index in [0.717, 1.165) is 69.6 Å². The first-order chi connectivity index (χ1) is 23.4. The molecule has 0 aromatic rings. The van der Waals surface area contributed by atoms with Gasteiger partial charge in [0.05, 0.1) is 0 Å². The summed E-state index contributed by atoms with van der Waals surface area (Å²) in [6, 6.07) is 0. The largest absolute Gasteiger partial charge is 0.299 e. The van der Waals surface area contributed by atoms with Gasteiger partial charge in [0.25, 0.3) is 0 Å². The number of rotatable bonds is 0. The quantitative estimate of drug-likeness (QED) is 0.184. The summed E-state index contributed by atoms with van der Waals surface area (Å²) in [4.78, 5) is 37.3. The van der Waals surface area contributed by atoms with Gasteiger partial charge in [0.2, 0.25) is 0 Å². The second kappa shape index (κ2) is 22.4. The molecule has 0 spiro atoms. The van der Waals surface area contributed by atoms with Crippen LogP contribution in [0.2, 0.25) is 0 Å². The standard InChI is InChI=1S/C16H24.C15H22O.C14H20O2.3CH4.3B/c1-11-13-7-3-5-9-15(13)12(2)16-10-6-4-8-14(11)16;1-10-11-6-2-4-8-13(11)15(16)14-9-5-3-7-12(10)14;15-13-9-5-1-2-6-10(9)14(16)12-8-4-3-7-11(12)13;;;;;;/h13,15H,3-10H2,1-2H3;11,13-14H,2-9H2,1H3;9-12H,1-8H2;3*1H4;;;. The lowest BCUT2D eigenvalue weighted by molar-refractivity contribution is -0.150. The van der Waals surface area contributed by atoms with Gasteiger partial charge in [-0.2, -0.15) is 0 Å². The van der Waals surface area contributed by atoms with E-state index in [-0.39, 0.29) is 71.2 Å². The normalized spacial score (nSPS) is 34.9. The van der Waals surface area contributed by atoms with Crippen LogP contribution in [0.1, 0.15) is 197 Å². The molecule has 7 saturated carbocycles. The van der Waals surface area contributed by atoms with E-state index in [9.17, 15) is 14.4 Å². The lowest BCUT2D eigenvalue weighted by Gasteiger charge is -2.43. The van der Waals surface area contributed by atoms with Gasteiger partial charge in [0.15, 0.2) is 0 Å². The Morgan fingerprint density at radius 2 is 0.611 bits per heavy atom. The molecule has 0 heterocycles. The molecule has 3 nitrogen and oxygen atoms in total. The van der Waals surface area contributed by atoms with Crippen molar-refractivity contribution in [3.05, 3.63) is 33.4 Å². The van der Waals surface area contributed by atoms with Gasteiger partial charge >= 0.3 is 0 Å². The molecule has 9 rings (SSSR count). The van der Waals surface area contributed by atoms with Crippen molar-refractivity contribution >= 4 is 42.6 Å². The lowest BCUT2D eigenvalue weighted by atomic mass is 9.58. The number of ketones is 3. The number of hydrogen-bond acceptors (Lipinski definition) is 3. The predicted octanol–water partition coefficient (Wildman–Crippen LogP) is 12.4. The van der Waals surface area contributed by atoms with Gasteiger partial charge in [-0.3, -0.25) is 14.4 Å². The first kappa shape index (κ1) is 50.4. The van der Waals surface area contributed by atoms with E-state index in [4.69, 9.17) is 0 Å². The minimum atomic E-state index is 0. The summed E-state index contributed by atoms with van der Waals surface area (Å²) in [5.74, 6) is 5.19. The zero-order chi connectivity index (χ0) is 33.4. The Hall–Kier alpha value is -1.58. The zero-order valence-corrected chi connectivity index (χ0v) is 32.6. The molecule has 0 aromatic carbocycles. The highest BCUT2D eigenvalue weighted by atomic mass is 16.1. The number of carbonyl (C=O) groups is 3. The lowest BCUT2D eigenvalue weighted by Crippen LogP contribution is -2.49. The molecule has 9 radical (unpaired) electrons. The third kappa shape index (κ3) is 9.75. The minimum Gasteiger partial charge on any atom is -0.299 e. The number of hydrogen-bond donors (Lipinski definition) is 0. The van der Waals surface area contributed by atoms with Crippen molar-refractivity contribution in [2.75, 3.05) is 0 Å². The highest BCUT2D eigenvalue weighted by Crippen LogP contribution is 2.51. The van der Waals surface area contributed by atoms with Gasteiger partial charge in [-0.15, -0.1) is 0 Å². The fourth-order valence-electron chi connectivity index (χ4n) is 12.8. The number of fused-ring (bicyclic) bond motifs is 6. The maximum absolute atomic E-state index is 12.5. The van der Waals surface area contributed by atoms with Crippen LogP contribution < -0.4 is 0 Å². The van der Waals surface area contributed by atoms with Gasteiger partial charge in [-0.25, -0.2) is 0 Å². The molecule has 0 aliphatic heterocycles. The van der Waals surface area contributed by atoms with Gasteiger partial charge in [0, 0.05) is 60.7 Å². The molecule has 9 aliphatic rings. The monoisotopic (exact) mass is 736 g/mol. The van der Waals surface area contributed by atoms with Crippen LogP contribution >= 0.6 is 0 Å².